The minimum Gasteiger partial charge on any atom is -0.354 e. The Balaban J connectivity index is 0.00000338. The largest absolute Gasteiger partial charge is 0.354 e. The Morgan fingerprint density at radius 1 is 1.27 bits per heavy atom. The Morgan fingerprint density at radius 2 is 1.92 bits per heavy atom. The fourth-order valence-electron chi connectivity index (χ4n) is 2.92. The molecule has 1 aromatic rings. The highest BCUT2D eigenvalue weighted by Crippen LogP contribution is 2.27. The van der Waals surface area contributed by atoms with Crippen molar-refractivity contribution < 1.29 is 13.2 Å². The van der Waals surface area contributed by atoms with E-state index in [-0.39, 0.29) is 18.3 Å². The van der Waals surface area contributed by atoms with Crippen LogP contribution in [0.2, 0.25) is 0 Å². The van der Waals surface area contributed by atoms with Crippen LogP contribution in [0.3, 0.4) is 0 Å². The molecule has 1 aliphatic rings. The molecule has 2 rings (SSSR count). The first-order chi connectivity index (χ1) is 11.8. The summed E-state index contributed by atoms with van der Waals surface area (Å²) < 4.78 is 27.2. The van der Waals surface area contributed by atoms with Gasteiger partial charge in [0.05, 0.1) is 6.04 Å². The summed E-state index contributed by atoms with van der Waals surface area (Å²) in [6.07, 6.45) is 4.23. The summed E-state index contributed by atoms with van der Waals surface area (Å²) in [4.78, 5) is 12.9. The predicted octanol–water partition coefficient (Wildman–Crippen LogP) is 2.38. The number of nitrogens with zero attached hydrogens (tertiary/aromatic N) is 1. The van der Waals surface area contributed by atoms with E-state index in [1.807, 2.05) is 19.9 Å². The number of thiophene rings is 1. The van der Waals surface area contributed by atoms with Crippen LogP contribution < -0.4 is 11.1 Å². The molecule has 2 heterocycles. The van der Waals surface area contributed by atoms with Crippen molar-refractivity contribution in [2.45, 2.75) is 56.2 Å². The van der Waals surface area contributed by atoms with Crippen LogP contribution in [0.25, 0.3) is 0 Å². The van der Waals surface area contributed by atoms with Gasteiger partial charge in [-0.15, -0.1) is 23.7 Å². The Morgan fingerprint density at radius 3 is 2.54 bits per heavy atom. The first kappa shape index (κ1) is 23.4. The van der Waals surface area contributed by atoms with E-state index in [1.165, 1.54) is 11.3 Å². The van der Waals surface area contributed by atoms with E-state index in [0.717, 1.165) is 24.1 Å². The summed E-state index contributed by atoms with van der Waals surface area (Å²) in [6, 6.07) is 3.02. The fraction of sp³-hybridized carbons (Fsp3) is 0.706. The summed E-state index contributed by atoms with van der Waals surface area (Å²) in [5.41, 5.74) is 5.85. The van der Waals surface area contributed by atoms with E-state index in [0.29, 0.717) is 42.6 Å². The molecule has 1 aromatic heterocycles. The molecule has 1 fully saturated rings. The number of halogens is 1. The third kappa shape index (κ3) is 6.49. The van der Waals surface area contributed by atoms with E-state index in [2.05, 4.69) is 5.32 Å². The molecule has 1 saturated heterocycles. The van der Waals surface area contributed by atoms with Crippen LogP contribution in [0.4, 0.5) is 0 Å². The van der Waals surface area contributed by atoms with Gasteiger partial charge in [-0.1, -0.05) is 20.3 Å². The van der Waals surface area contributed by atoms with Gasteiger partial charge in [0.2, 0.25) is 5.91 Å². The first-order valence-electron chi connectivity index (χ1n) is 8.93. The number of nitrogens with one attached hydrogen (secondary N) is 1. The number of hydrogen-bond acceptors (Lipinski definition) is 5. The summed E-state index contributed by atoms with van der Waals surface area (Å²) in [5, 5.41) is 2.83. The lowest BCUT2D eigenvalue weighted by atomic mass is 10.0. The Kier molecular flexibility index (Phi) is 9.54. The van der Waals surface area contributed by atoms with Gasteiger partial charge < -0.3 is 11.1 Å². The molecule has 26 heavy (non-hydrogen) atoms. The molecular weight excluding hydrogens is 394 g/mol. The third-order valence-corrected chi connectivity index (χ3v) is 7.79. The second-order valence-electron chi connectivity index (χ2n) is 6.96. The average Bonchev–Trinajstić information content (AvgIpc) is 3.04. The molecule has 0 bridgehead atoms. The van der Waals surface area contributed by atoms with Gasteiger partial charge in [0.15, 0.2) is 0 Å². The number of rotatable bonds is 8. The number of carbonyl (C=O) groups excluding carboxylic acids is 1. The zero-order valence-electron chi connectivity index (χ0n) is 15.4. The standard InChI is InChI=1S/C17H29N3O3S2.ClH/c1-13(2)12-15(18)17(21)19-9-8-14-6-7-16(24-14)25(22,23)20-10-4-3-5-11-20;/h6-7,13,15H,3-5,8-12,18H2,1-2H3,(H,19,21);1H/t15-;/m0./s1. The molecule has 1 amide bonds. The molecule has 0 saturated carbocycles. The van der Waals surface area contributed by atoms with Crippen LogP contribution in [0.1, 0.15) is 44.4 Å². The average molecular weight is 424 g/mol. The Labute approximate surface area is 167 Å². The van der Waals surface area contributed by atoms with Crippen LogP contribution in [0, 0.1) is 5.92 Å². The van der Waals surface area contributed by atoms with Gasteiger partial charge in [0, 0.05) is 24.5 Å². The first-order valence-corrected chi connectivity index (χ1v) is 11.2. The van der Waals surface area contributed by atoms with Gasteiger partial charge in [-0.25, -0.2) is 8.42 Å². The lowest BCUT2D eigenvalue weighted by Gasteiger charge is -2.25. The number of sulfonamides is 1. The van der Waals surface area contributed by atoms with E-state index < -0.39 is 16.1 Å². The second-order valence-corrected chi connectivity index (χ2v) is 10.3. The van der Waals surface area contributed by atoms with Gasteiger partial charge in [0.1, 0.15) is 4.21 Å². The quantitative estimate of drug-likeness (QED) is 0.671. The number of hydrogen-bond donors (Lipinski definition) is 2. The molecule has 150 valence electrons. The zero-order chi connectivity index (χ0) is 18.4. The normalized spacial score (nSPS) is 16.9. The summed E-state index contributed by atoms with van der Waals surface area (Å²) in [6.45, 7) is 5.75. The van der Waals surface area contributed by atoms with Crippen molar-refractivity contribution in [3.8, 4) is 0 Å². The minimum absolute atomic E-state index is 0. The summed E-state index contributed by atoms with van der Waals surface area (Å²) in [5.74, 6) is 0.229. The number of piperidine rings is 1. The van der Waals surface area contributed by atoms with Crippen LogP contribution in [0.15, 0.2) is 16.3 Å². The molecule has 0 aromatic carbocycles. The molecule has 1 atom stereocenters. The minimum atomic E-state index is -3.36. The molecule has 0 radical (unpaired) electrons. The molecule has 9 heteroatoms. The topological polar surface area (TPSA) is 92.5 Å². The SMILES string of the molecule is CC(C)C[C@H](N)C(=O)NCCc1ccc(S(=O)(=O)N2CCCCC2)s1.Cl. The molecule has 1 aliphatic heterocycles. The van der Waals surface area contributed by atoms with Crippen molar-refractivity contribution in [3.05, 3.63) is 17.0 Å². The van der Waals surface area contributed by atoms with Crippen molar-refractivity contribution >= 4 is 39.7 Å². The maximum absolute atomic E-state index is 12.6. The third-order valence-electron chi connectivity index (χ3n) is 4.28. The van der Waals surface area contributed by atoms with Crippen molar-refractivity contribution in [1.29, 1.82) is 0 Å². The van der Waals surface area contributed by atoms with Gasteiger partial charge in [-0.05, 0) is 43.7 Å². The van der Waals surface area contributed by atoms with Crippen LogP contribution >= 0.6 is 23.7 Å². The van der Waals surface area contributed by atoms with Crippen molar-refractivity contribution in [3.63, 3.8) is 0 Å². The highest BCUT2D eigenvalue weighted by Gasteiger charge is 2.27. The smallest absolute Gasteiger partial charge is 0.252 e. The maximum Gasteiger partial charge on any atom is 0.252 e. The van der Waals surface area contributed by atoms with Gasteiger partial charge >= 0.3 is 0 Å². The highest BCUT2D eigenvalue weighted by atomic mass is 35.5. The van der Waals surface area contributed by atoms with Gasteiger partial charge in [0.25, 0.3) is 10.0 Å². The maximum atomic E-state index is 12.6. The lowest BCUT2D eigenvalue weighted by Crippen LogP contribution is -2.42. The van der Waals surface area contributed by atoms with E-state index in [1.54, 1.807) is 10.4 Å². The van der Waals surface area contributed by atoms with E-state index in [4.69, 9.17) is 5.73 Å². The number of amides is 1. The molecule has 0 aliphatic carbocycles. The van der Waals surface area contributed by atoms with Crippen molar-refractivity contribution in [1.82, 2.24) is 9.62 Å². The Hall–Kier alpha value is -0.670. The van der Waals surface area contributed by atoms with E-state index in [9.17, 15) is 13.2 Å². The van der Waals surface area contributed by atoms with Crippen LogP contribution in [0.5, 0.6) is 0 Å². The molecule has 6 nitrogen and oxygen atoms in total. The molecule has 3 N–H and O–H groups in total. The zero-order valence-corrected chi connectivity index (χ0v) is 17.9. The molecule has 0 unspecified atom stereocenters. The number of nitrogens with two attached hydrogens (primary N) is 1. The molecule has 0 spiro atoms. The highest BCUT2D eigenvalue weighted by molar-refractivity contribution is 7.91. The summed E-state index contributed by atoms with van der Waals surface area (Å²) >= 11 is 1.29. The monoisotopic (exact) mass is 423 g/mol. The second kappa shape index (κ2) is 10.6. The molecular formula is C17H30ClN3O3S2. The van der Waals surface area contributed by atoms with E-state index >= 15 is 0 Å². The van der Waals surface area contributed by atoms with Gasteiger partial charge in [-0.3, -0.25) is 4.79 Å². The van der Waals surface area contributed by atoms with Crippen molar-refractivity contribution in [2.24, 2.45) is 11.7 Å². The van der Waals surface area contributed by atoms with Crippen LogP contribution in [-0.2, 0) is 21.2 Å². The number of carbonyl (C=O) groups is 1. The van der Waals surface area contributed by atoms with Crippen LogP contribution in [-0.4, -0.2) is 44.3 Å². The Bertz CT molecular complexity index is 671. The lowest BCUT2D eigenvalue weighted by molar-refractivity contribution is -0.122. The van der Waals surface area contributed by atoms with Gasteiger partial charge in [-0.2, -0.15) is 4.31 Å². The fourth-order valence-corrected chi connectivity index (χ4v) is 5.95. The summed E-state index contributed by atoms with van der Waals surface area (Å²) in [7, 11) is -3.36. The van der Waals surface area contributed by atoms with Crippen molar-refractivity contribution in [2.75, 3.05) is 19.6 Å². The predicted molar refractivity (Wildman–Crippen MR) is 108 cm³/mol.